The number of nitrogens with zero attached hydrogens (tertiary/aromatic N) is 2. The van der Waals surface area contributed by atoms with Crippen LogP contribution in [0.15, 0.2) is 4.99 Å². The fourth-order valence-corrected chi connectivity index (χ4v) is 4.52. The first-order valence-corrected chi connectivity index (χ1v) is 8.71. The minimum absolute atomic E-state index is 0. The maximum atomic E-state index is 5.91. The Morgan fingerprint density at radius 3 is 2.82 bits per heavy atom. The fraction of sp³-hybridized carbons (Fsp3) is 0.941. The number of nitrogens with one attached hydrogen (secondary N) is 1. The van der Waals surface area contributed by atoms with Crippen molar-refractivity contribution in [2.24, 2.45) is 22.2 Å². The number of hydrogen-bond donors (Lipinski definition) is 1. The Morgan fingerprint density at radius 2 is 2.14 bits per heavy atom. The Bertz CT molecular complexity index is 413. The van der Waals surface area contributed by atoms with Gasteiger partial charge in [0.1, 0.15) is 0 Å². The number of rotatable bonds is 2. The second-order valence-electron chi connectivity index (χ2n) is 7.68. The molecule has 0 spiro atoms. The summed E-state index contributed by atoms with van der Waals surface area (Å²) in [6, 6.07) is 0.507. The van der Waals surface area contributed by atoms with Crippen LogP contribution in [0.2, 0.25) is 0 Å². The van der Waals surface area contributed by atoms with Gasteiger partial charge in [0.25, 0.3) is 0 Å². The first-order chi connectivity index (χ1) is 10.0. The molecule has 3 rings (SSSR count). The molecule has 128 valence electrons. The molecule has 4 atom stereocenters. The van der Waals surface area contributed by atoms with Gasteiger partial charge in [0.15, 0.2) is 5.96 Å². The van der Waals surface area contributed by atoms with Gasteiger partial charge in [-0.25, -0.2) is 0 Å². The van der Waals surface area contributed by atoms with E-state index >= 15 is 0 Å². The van der Waals surface area contributed by atoms with Crippen LogP contribution in [0.25, 0.3) is 0 Å². The van der Waals surface area contributed by atoms with Crippen LogP contribution in [0, 0.1) is 17.3 Å². The van der Waals surface area contributed by atoms with Crippen LogP contribution in [0.3, 0.4) is 0 Å². The Hall–Kier alpha value is -0.0400. The van der Waals surface area contributed by atoms with Gasteiger partial charge in [0.05, 0.1) is 6.10 Å². The number of piperidine rings is 1. The van der Waals surface area contributed by atoms with Gasteiger partial charge < -0.3 is 15.0 Å². The van der Waals surface area contributed by atoms with Crippen molar-refractivity contribution in [3.8, 4) is 0 Å². The first kappa shape index (κ1) is 18.3. The lowest BCUT2D eigenvalue weighted by molar-refractivity contribution is -0.107. The van der Waals surface area contributed by atoms with Crippen molar-refractivity contribution in [1.29, 1.82) is 0 Å². The van der Waals surface area contributed by atoms with E-state index in [1.165, 1.54) is 19.3 Å². The maximum Gasteiger partial charge on any atom is 0.194 e. The summed E-state index contributed by atoms with van der Waals surface area (Å²) in [4.78, 5) is 7.24. The van der Waals surface area contributed by atoms with Crippen molar-refractivity contribution in [2.75, 3.05) is 26.2 Å². The zero-order chi connectivity index (χ0) is 15.0. The molecular formula is C17H32IN3O. The number of halogens is 1. The lowest BCUT2D eigenvalue weighted by Crippen LogP contribution is -2.68. The molecule has 0 aromatic heterocycles. The Morgan fingerprint density at radius 1 is 1.36 bits per heavy atom. The minimum Gasteiger partial charge on any atom is -0.377 e. The highest BCUT2D eigenvalue weighted by Crippen LogP contribution is 2.52. The van der Waals surface area contributed by atoms with Crippen molar-refractivity contribution in [3.05, 3.63) is 0 Å². The van der Waals surface area contributed by atoms with Gasteiger partial charge in [-0.2, -0.15) is 0 Å². The zero-order valence-electron chi connectivity index (χ0n) is 14.5. The summed E-state index contributed by atoms with van der Waals surface area (Å²) >= 11 is 0. The summed E-state index contributed by atoms with van der Waals surface area (Å²) in [6.45, 7) is 13.2. The smallest absolute Gasteiger partial charge is 0.194 e. The topological polar surface area (TPSA) is 36.9 Å². The molecule has 0 amide bonds. The zero-order valence-corrected chi connectivity index (χ0v) is 16.8. The molecule has 22 heavy (non-hydrogen) atoms. The summed E-state index contributed by atoms with van der Waals surface area (Å²) in [6.07, 6.45) is 4.28. The van der Waals surface area contributed by atoms with E-state index in [1.807, 2.05) is 0 Å². The highest BCUT2D eigenvalue weighted by atomic mass is 127. The number of ether oxygens (including phenoxy) is 1. The normalized spacial score (nSPS) is 37.1. The summed E-state index contributed by atoms with van der Waals surface area (Å²) in [5.74, 6) is 2.58. The number of fused-ring (bicyclic) bond motifs is 1. The number of hydrogen-bond acceptors (Lipinski definition) is 2. The number of likely N-dealkylation sites (tertiary alicyclic amines) is 1. The molecular weight excluding hydrogens is 389 g/mol. The lowest BCUT2D eigenvalue weighted by Gasteiger charge is -2.55. The number of guanidine groups is 1. The van der Waals surface area contributed by atoms with E-state index in [2.05, 4.69) is 37.9 Å². The third kappa shape index (κ3) is 3.25. The molecule has 1 N–H and O–H groups in total. The second-order valence-corrected chi connectivity index (χ2v) is 7.68. The molecule has 0 bridgehead atoms. The largest absolute Gasteiger partial charge is 0.377 e. The van der Waals surface area contributed by atoms with E-state index in [0.29, 0.717) is 18.1 Å². The van der Waals surface area contributed by atoms with Gasteiger partial charge in [0.2, 0.25) is 0 Å². The molecule has 1 saturated carbocycles. The van der Waals surface area contributed by atoms with Crippen molar-refractivity contribution < 1.29 is 4.74 Å². The lowest BCUT2D eigenvalue weighted by atomic mass is 9.57. The average molecular weight is 421 g/mol. The molecule has 1 aliphatic carbocycles. The minimum atomic E-state index is 0. The van der Waals surface area contributed by atoms with Crippen molar-refractivity contribution >= 4 is 29.9 Å². The molecule has 4 nitrogen and oxygen atoms in total. The van der Waals surface area contributed by atoms with Crippen LogP contribution in [-0.4, -0.2) is 49.2 Å². The quantitative estimate of drug-likeness (QED) is 0.423. The van der Waals surface area contributed by atoms with Crippen LogP contribution in [-0.2, 0) is 4.74 Å². The Labute approximate surface area is 152 Å². The third-order valence-electron chi connectivity index (χ3n) is 5.65. The van der Waals surface area contributed by atoms with Crippen LogP contribution in [0.1, 0.15) is 47.0 Å². The monoisotopic (exact) mass is 421 g/mol. The molecule has 4 unspecified atom stereocenters. The highest BCUT2D eigenvalue weighted by molar-refractivity contribution is 14.0. The standard InChI is InChI=1S/C17H31N3O.HI/c1-5-18-16(20-9-6-7-12(2)11-20)19-14-13-8-10-21-15(13)17(14,3)4;/h12-15H,5-11H2,1-4H3,(H,18,19);1H. The predicted octanol–water partition coefficient (Wildman–Crippen LogP) is 3.12. The van der Waals surface area contributed by atoms with E-state index in [4.69, 9.17) is 9.73 Å². The Balaban J connectivity index is 0.00000176. The van der Waals surface area contributed by atoms with E-state index < -0.39 is 0 Å². The molecule has 2 saturated heterocycles. The molecule has 3 fully saturated rings. The molecule has 0 aromatic carbocycles. The molecule has 2 heterocycles. The maximum absolute atomic E-state index is 5.91. The Kier molecular flexibility index (Phi) is 6.02. The fourth-order valence-electron chi connectivity index (χ4n) is 4.52. The van der Waals surface area contributed by atoms with Crippen molar-refractivity contribution in [3.63, 3.8) is 0 Å². The molecule has 2 aliphatic heterocycles. The van der Waals surface area contributed by atoms with Gasteiger partial charge in [-0.05, 0) is 32.1 Å². The van der Waals surface area contributed by atoms with E-state index in [-0.39, 0.29) is 29.4 Å². The van der Waals surface area contributed by atoms with Gasteiger partial charge >= 0.3 is 0 Å². The molecule has 3 aliphatic rings. The summed E-state index contributed by atoms with van der Waals surface area (Å²) < 4.78 is 5.91. The van der Waals surface area contributed by atoms with Crippen LogP contribution < -0.4 is 5.32 Å². The van der Waals surface area contributed by atoms with E-state index in [9.17, 15) is 0 Å². The van der Waals surface area contributed by atoms with Crippen molar-refractivity contribution in [2.45, 2.75) is 59.1 Å². The van der Waals surface area contributed by atoms with E-state index in [0.717, 1.165) is 38.1 Å². The first-order valence-electron chi connectivity index (χ1n) is 8.71. The van der Waals surface area contributed by atoms with Gasteiger partial charge in [0, 0.05) is 43.6 Å². The number of aliphatic imine (C=N–C) groups is 1. The summed E-state index contributed by atoms with van der Waals surface area (Å²) in [7, 11) is 0. The summed E-state index contributed by atoms with van der Waals surface area (Å²) in [5, 5.41) is 3.80. The van der Waals surface area contributed by atoms with E-state index in [1.54, 1.807) is 0 Å². The van der Waals surface area contributed by atoms with Crippen LogP contribution >= 0.6 is 24.0 Å². The highest BCUT2D eigenvalue weighted by Gasteiger charge is 2.59. The SMILES string of the molecule is CCN=C(NC1C2CCOC2C1(C)C)N1CCCC(C)C1.I. The van der Waals surface area contributed by atoms with Gasteiger partial charge in [-0.15, -0.1) is 24.0 Å². The molecule has 0 radical (unpaired) electrons. The van der Waals surface area contributed by atoms with Crippen LogP contribution in [0.5, 0.6) is 0 Å². The van der Waals surface area contributed by atoms with Crippen molar-refractivity contribution in [1.82, 2.24) is 10.2 Å². The van der Waals surface area contributed by atoms with Gasteiger partial charge in [-0.3, -0.25) is 4.99 Å². The van der Waals surface area contributed by atoms with Crippen LogP contribution in [0.4, 0.5) is 0 Å². The molecule has 0 aromatic rings. The predicted molar refractivity (Wildman–Crippen MR) is 102 cm³/mol. The third-order valence-corrected chi connectivity index (χ3v) is 5.65. The average Bonchev–Trinajstić information content (AvgIpc) is 2.90. The van der Waals surface area contributed by atoms with Gasteiger partial charge in [-0.1, -0.05) is 20.8 Å². The summed E-state index contributed by atoms with van der Waals surface area (Å²) in [5.41, 5.74) is 0.219. The molecule has 5 heteroatoms. The second kappa shape index (κ2) is 7.24.